The Kier molecular flexibility index (Phi) is 5.25. The zero-order valence-corrected chi connectivity index (χ0v) is 12.9. The van der Waals surface area contributed by atoms with Gasteiger partial charge >= 0.3 is 6.09 Å². The Hall–Kier alpha value is -1.91. The molecule has 0 aromatic heterocycles. The molecule has 1 aromatic rings. The Bertz CT molecular complexity index is 465. The summed E-state index contributed by atoms with van der Waals surface area (Å²) in [6, 6.07) is 5.33. The van der Waals surface area contributed by atoms with Crippen LogP contribution in [0.2, 0.25) is 0 Å². The Morgan fingerprint density at radius 1 is 1.15 bits per heavy atom. The van der Waals surface area contributed by atoms with Crippen molar-refractivity contribution in [1.29, 1.82) is 0 Å². The number of hydrogen-bond acceptors (Lipinski definition) is 4. The second kappa shape index (κ2) is 6.50. The minimum atomic E-state index is -0.512. The summed E-state index contributed by atoms with van der Waals surface area (Å²) in [4.78, 5) is 11.7. The minimum Gasteiger partial charge on any atom is -0.493 e. The van der Waals surface area contributed by atoms with E-state index in [2.05, 4.69) is 5.32 Å². The fraction of sp³-hybridized carbons (Fsp3) is 0.533. The molecular weight excluding hydrogens is 258 g/mol. The van der Waals surface area contributed by atoms with Crippen molar-refractivity contribution in [3.8, 4) is 11.5 Å². The summed E-state index contributed by atoms with van der Waals surface area (Å²) >= 11 is 0. The number of alkyl carbamates (subject to hydrolysis) is 1. The van der Waals surface area contributed by atoms with Gasteiger partial charge in [-0.25, -0.2) is 4.79 Å². The van der Waals surface area contributed by atoms with E-state index in [4.69, 9.17) is 14.2 Å². The van der Waals surface area contributed by atoms with Crippen LogP contribution >= 0.6 is 0 Å². The zero-order valence-electron chi connectivity index (χ0n) is 12.9. The van der Waals surface area contributed by atoms with Gasteiger partial charge in [-0.1, -0.05) is 6.07 Å². The number of carbonyl (C=O) groups is 1. The molecule has 0 saturated carbocycles. The van der Waals surface area contributed by atoms with E-state index in [1.54, 1.807) is 20.3 Å². The number of hydrogen-bond donors (Lipinski definition) is 1. The smallest absolute Gasteiger partial charge is 0.408 e. The molecule has 1 atom stereocenters. The maximum atomic E-state index is 11.7. The number of methoxy groups -OCH3 is 2. The van der Waals surface area contributed by atoms with E-state index in [-0.39, 0.29) is 6.04 Å². The molecule has 0 aliphatic heterocycles. The molecule has 1 amide bonds. The van der Waals surface area contributed by atoms with Crippen molar-refractivity contribution in [3.63, 3.8) is 0 Å². The van der Waals surface area contributed by atoms with Crippen molar-refractivity contribution >= 4 is 6.09 Å². The molecule has 0 aliphatic rings. The molecule has 112 valence electrons. The van der Waals surface area contributed by atoms with E-state index in [0.29, 0.717) is 11.5 Å². The fourth-order valence-electron chi connectivity index (χ4n) is 1.69. The van der Waals surface area contributed by atoms with E-state index in [9.17, 15) is 4.79 Å². The molecule has 0 fully saturated rings. The van der Waals surface area contributed by atoms with E-state index in [0.717, 1.165) is 5.56 Å². The van der Waals surface area contributed by atoms with Gasteiger partial charge in [0.1, 0.15) is 5.60 Å². The lowest BCUT2D eigenvalue weighted by Gasteiger charge is -2.22. The topological polar surface area (TPSA) is 56.8 Å². The third-order valence-corrected chi connectivity index (χ3v) is 2.64. The van der Waals surface area contributed by atoms with Crippen LogP contribution in [0.1, 0.15) is 39.3 Å². The number of nitrogens with one attached hydrogen (secondary N) is 1. The van der Waals surface area contributed by atoms with Crippen LogP contribution in [0.15, 0.2) is 18.2 Å². The largest absolute Gasteiger partial charge is 0.493 e. The lowest BCUT2D eigenvalue weighted by molar-refractivity contribution is 0.0508. The molecule has 0 saturated heterocycles. The van der Waals surface area contributed by atoms with Gasteiger partial charge in [-0.2, -0.15) is 0 Å². The maximum Gasteiger partial charge on any atom is 0.408 e. The fourth-order valence-corrected chi connectivity index (χ4v) is 1.69. The summed E-state index contributed by atoms with van der Waals surface area (Å²) in [5, 5.41) is 2.78. The average molecular weight is 281 g/mol. The number of ether oxygens (including phenoxy) is 3. The van der Waals surface area contributed by atoms with E-state index >= 15 is 0 Å². The van der Waals surface area contributed by atoms with Crippen LogP contribution in [-0.4, -0.2) is 25.9 Å². The third-order valence-electron chi connectivity index (χ3n) is 2.64. The van der Waals surface area contributed by atoms with Gasteiger partial charge in [-0.15, -0.1) is 0 Å². The van der Waals surface area contributed by atoms with Crippen molar-refractivity contribution in [3.05, 3.63) is 23.8 Å². The van der Waals surface area contributed by atoms with Gasteiger partial charge < -0.3 is 19.5 Å². The molecule has 0 spiro atoms. The molecule has 1 rings (SSSR count). The monoisotopic (exact) mass is 281 g/mol. The zero-order chi connectivity index (χ0) is 15.3. The molecular formula is C15H23NO4. The summed E-state index contributed by atoms with van der Waals surface area (Å²) in [6.07, 6.45) is -0.445. The van der Waals surface area contributed by atoms with Crippen LogP contribution in [0.4, 0.5) is 4.79 Å². The van der Waals surface area contributed by atoms with Gasteiger partial charge in [0.05, 0.1) is 20.3 Å². The van der Waals surface area contributed by atoms with Gasteiger partial charge in [0, 0.05) is 0 Å². The Balaban J connectivity index is 2.77. The van der Waals surface area contributed by atoms with E-state index in [1.807, 2.05) is 39.8 Å². The summed E-state index contributed by atoms with van der Waals surface area (Å²) in [5.74, 6) is 1.28. The van der Waals surface area contributed by atoms with Crippen LogP contribution in [0.3, 0.4) is 0 Å². The Morgan fingerprint density at radius 3 is 2.25 bits per heavy atom. The lowest BCUT2D eigenvalue weighted by atomic mass is 10.1. The second-order valence-corrected chi connectivity index (χ2v) is 5.48. The highest BCUT2D eigenvalue weighted by Gasteiger charge is 2.19. The van der Waals surface area contributed by atoms with E-state index in [1.165, 1.54) is 0 Å². The highest BCUT2D eigenvalue weighted by molar-refractivity contribution is 5.68. The molecule has 20 heavy (non-hydrogen) atoms. The SMILES string of the molecule is COc1ccc(C(C)NC(=O)OC(C)(C)C)cc1OC. The quantitative estimate of drug-likeness (QED) is 0.920. The van der Waals surface area contributed by atoms with Crippen LogP contribution in [0, 0.1) is 0 Å². The number of amides is 1. The maximum absolute atomic E-state index is 11.7. The average Bonchev–Trinajstić information content (AvgIpc) is 2.35. The number of rotatable bonds is 4. The number of carbonyl (C=O) groups excluding carboxylic acids is 1. The first-order valence-corrected chi connectivity index (χ1v) is 6.48. The first-order valence-electron chi connectivity index (χ1n) is 6.48. The summed E-state index contributed by atoms with van der Waals surface area (Å²) in [7, 11) is 3.16. The Labute approximate surface area is 120 Å². The van der Waals surface area contributed by atoms with Crippen molar-refractivity contribution in [2.45, 2.75) is 39.3 Å². The molecule has 0 aliphatic carbocycles. The van der Waals surface area contributed by atoms with Crippen molar-refractivity contribution in [2.24, 2.45) is 0 Å². The summed E-state index contributed by atoms with van der Waals surface area (Å²) in [6.45, 7) is 7.36. The first kappa shape index (κ1) is 16.1. The first-order chi connectivity index (χ1) is 9.26. The van der Waals surface area contributed by atoms with Gasteiger partial charge in [-0.05, 0) is 45.4 Å². The summed E-state index contributed by atoms with van der Waals surface area (Å²) < 4.78 is 15.6. The van der Waals surface area contributed by atoms with Crippen LogP contribution in [-0.2, 0) is 4.74 Å². The molecule has 1 N–H and O–H groups in total. The second-order valence-electron chi connectivity index (χ2n) is 5.48. The highest BCUT2D eigenvalue weighted by atomic mass is 16.6. The predicted octanol–water partition coefficient (Wildman–Crippen LogP) is 3.29. The Morgan fingerprint density at radius 2 is 1.75 bits per heavy atom. The van der Waals surface area contributed by atoms with E-state index < -0.39 is 11.7 Å². The van der Waals surface area contributed by atoms with Crippen LogP contribution < -0.4 is 14.8 Å². The normalized spacial score (nSPS) is 12.5. The van der Waals surface area contributed by atoms with Crippen LogP contribution in [0.25, 0.3) is 0 Å². The molecule has 1 aromatic carbocycles. The third kappa shape index (κ3) is 4.64. The lowest BCUT2D eigenvalue weighted by Crippen LogP contribution is -2.34. The van der Waals surface area contributed by atoms with Crippen molar-refractivity contribution in [1.82, 2.24) is 5.32 Å². The standard InChI is InChI=1S/C15H23NO4/c1-10(16-14(17)20-15(2,3)4)11-7-8-12(18-5)13(9-11)19-6/h7-10H,1-6H3,(H,16,17). The van der Waals surface area contributed by atoms with Gasteiger partial charge in [0.15, 0.2) is 11.5 Å². The molecule has 0 radical (unpaired) electrons. The van der Waals surface area contributed by atoms with Gasteiger partial charge in [0.2, 0.25) is 0 Å². The van der Waals surface area contributed by atoms with Crippen LogP contribution in [0.5, 0.6) is 11.5 Å². The summed E-state index contributed by atoms with van der Waals surface area (Å²) in [5.41, 5.74) is 0.398. The van der Waals surface area contributed by atoms with Gasteiger partial charge in [0.25, 0.3) is 0 Å². The highest BCUT2D eigenvalue weighted by Crippen LogP contribution is 2.29. The predicted molar refractivity (Wildman–Crippen MR) is 77.3 cm³/mol. The molecule has 5 nitrogen and oxygen atoms in total. The molecule has 0 bridgehead atoms. The molecule has 0 heterocycles. The number of benzene rings is 1. The van der Waals surface area contributed by atoms with Crippen molar-refractivity contribution in [2.75, 3.05) is 14.2 Å². The molecule has 5 heteroatoms. The molecule has 1 unspecified atom stereocenters. The minimum absolute atomic E-state index is 0.190. The van der Waals surface area contributed by atoms with Crippen molar-refractivity contribution < 1.29 is 19.0 Å². The van der Waals surface area contributed by atoms with Gasteiger partial charge in [-0.3, -0.25) is 0 Å².